The molecule has 242 valence electrons. The van der Waals surface area contributed by atoms with E-state index in [2.05, 4.69) is 19.9 Å². The van der Waals surface area contributed by atoms with Crippen LogP contribution in [0.4, 0.5) is 45.5 Å². The number of nitrogens with zero attached hydrogens (tertiary/aromatic N) is 8. The molecule has 10 nitrogen and oxygen atoms in total. The summed E-state index contributed by atoms with van der Waals surface area (Å²) in [6.07, 6.45) is 13.6. The SMILES string of the molecule is O=P1(c2ccc(P3(=O)N(c4ccncc4)c4ccccc4N3c3ccncc3)cc2)N(c2ccncc2)c2ccccc2N1c1ccncc1. The van der Waals surface area contributed by atoms with Crippen molar-refractivity contribution >= 4 is 71.0 Å². The molecule has 0 fully saturated rings. The second-order valence-corrected chi connectivity index (χ2v) is 16.5. The molecule has 0 saturated carbocycles. The van der Waals surface area contributed by atoms with Crippen LogP contribution in [-0.4, -0.2) is 19.9 Å². The van der Waals surface area contributed by atoms with Crippen LogP contribution in [0.15, 0.2) is 171 Å². The molecule has 0 spiro atoms. The van der Waals surface area contributed by atoms with Gasteiger partial charge >= 0.3 is 14.9 Å². The normalized spacial score (nSPS) is 15.5. The van der Waals surface area contributed by atoms with Gasteiger partial charge in [-0.05, 0) is 97.1 Å². The molecule has 6 heterocycles. The second-order valence-electron chi connectivity index (χ2n) is 11.7. The summed E-state index contributed by atoms with van der Waals surface area (Å²) >= 11 is 0. The number of hydrogen-bond donors (Lipinski definition) is 0. The highest BCUT2D eigenvalue weighted by Crippen LogP contribution is 2.71. The first-order valence-electron chi connectivity index (χ1n) is 15.9. The van der Waals surface area contributed by atoms with Gasteiger partial charge in [-0.15, -0.1) is 0 Å². The Balaban J connectivity index is 1.25. The number of pyridine rings is 4. The van der Waals surface area contributed by atoms with Crippen LogP contribution in [0.5, 0.6) is 0 Å². The Kier molecular flexibility index (Phi) is 7.09. The standard InChI is InChI=1S/C38H28N8O2P2/c47-49(43(29-13-21-39-22-14-29)35-5-1-2-6-36(35)44(49)30-15-23-40-24-16-30)33-9-11-34(12-10-33)50(48)45(31-17-25-41-26-18-31)37-7-3-4-8-38(37)46(50)32-19-27-42-28-20-32/h1-28H. The minimum atomic E-state index is -3.67. The average Bonchev–Trinajstić information content (AvgIpc) is 3.62. The van der Waals surface area contributed by atoms with Crippen molar-refractivity contribution in [1.29, 1.82) is 0 Å². The summed E-state index contributed by atoms with van der Waals surface area (Å²) in [5.74, 6) is 0. The molecule has 0 aliphatic carbocycles. The van der Waals surface area contributed by atoms with E-state index < -0.39 is 14.9 Å². The van der Waals surface area contributed by atoms with Crippen LogP contribution in [0, 0.1) is 0 Å². The van der Waals surface area contributed by atoms with E-state index in [1.165, 1.54) is 0 Å². The third-order valence-electron chi connectivity index (χ3n) is 8.91. The van der Waals surface area contributed by atoms with Crippen molar-refractivity contribution in [3.05, 3.63) is 171 Å². The lowest BCUT2D eigenvalue weighted by atomic mass is 10.2. The molecule has 0 N–H and O–H groups in total. The molecule has 0 saturated heterocycles. The predicted molar refractivity (Wildman–Crippen MR) is 199 cm³/mol. The first-order valence-corrected chi connectivity index (χ1v) is 19.1. The number of aromatic nitrogens is 4. The lowest BCUT2D eigenvalue weighted by Crippen LogP contribution is -2.30. The molecule has 0 radical (unpaired) electrons. The number of benzene rings is 3. The summed E-state index contributed by atoms with van der Waals surface area (Å²) in [6, 6.07) is 38.0. The van der Waals surface area contributed by atoms with Gasteiger partial charge in [-0.3, -0.25) is 47.7 Å². The van der Waals surface area contributed by atoms with Gasteiger partial charge in [-0.1, -0.05) is 24.3 Å². The first-order chi connectivity index (χ1) is 24.6. The van der Waals surface area contributed by atoms with E-state index >= 15 is 9.13 Å². The van der Waals surface area contributed by atoms with Crippen molar-refractivity contribution in [2.45, 2.75) is 0 Å². The Bertz CT molecular complexity index is 2110. The Morgan fingerprint density at radius 3 is 0.760 bits per heavy atom. The summed E-state index contributed by atoms with van der Waals surface area (Å²) in [6.45, 7) is 0. The van der Waals surface area contributed by atoms with Crippen molar-refractivity contribution in [2.75, 3.05) is 18.7 Å². The maximum atomic E-state index is 16.1. The number of anilines is 8. The highest BCUT2D eigenvalue weighted by atomic mass is 31.2. The van der Waals surface area contributed by atoms with Crippen LogP contribution in [0.25, 0.3) is 0 Å². The van der Waals surface area contributed by atoms with Gasteiger partial charge in [-0.25, -0.2) is 0 Å². The van der Waals surface area contributed by atoms with Crippen LogP contribution in [-0.2, 0) is 9.13 Å². The maximum Gasteiger partial charge on any atom is 0.301 e. The van der Waals surface area contributed by atoms with Crippen molar-refractivity contribution in [1.82, 2.24) is 19.9 Å². The largest absolute Gasteiger partial charge is 0.301 e. The second kappa shape index (κ2) is 11.8. The Morgan fingerprint density at radius 2 is 0.540 bits per heavy atom. The van der Waals surface area contributed by atoms with Crippen LogP contribution in [0.1, 0.15) is 0 Å². The molecule has 3 aromatic carbocycles. The molecule has 0 bridgehead atoms. The molecule has 9 rings (SSSR count). The van der Waals surface area contributed by atoms with Gasteiger partial charge in [0.2, 0.25) is 0 Å². The third-order valence-corrected chi connectivity index (χ3v) is 14.8. The van der Waals surface area contributed by atoms with E-state index in [1.54, 1.807) is 49.6 Å². The van der Waals surface area contributed by atoms with Crippen molar-refractivity contribution < 1.29 is 9.13 Å². The zero-order valence-corrected chi connectivity index (χ0v) is 28.2. The molecule has 0 atom stereocenters. The highest BCUT2D eigenvalue weighted by molar-refractivity contribution is 7.76. The number of para-hydroxylation sites is 4. The molecule has 0 unspecified atom stereocenters. The first kappa shape index (κ1) is 30.0. The van der Waals surface area contributed by atoms with Crippen molar-refractivity contribution in [3.63, 3.8) is 0 Å². The summed E-state index contributed by atoms with van der Waals surface area (Å²) in [4.78, 5) is 16.9. The topological polar surface area (TPSA) is 98.7 Å². The zero-order chi connectivity index (χ0) is 33.7. The molecular weight excluding hydrogens is 662 g/mol. The van der Waals surface area contributed by atoms with Crippen LogP contribution >= 0.6 is 14.9 Å². The molecule has 50 heavy (non-hydrogen) atoms. The summed E-state index contributed by atoms with van der Waals surface area (Å²) in [5.41, 5.74) is 6.16. The predicted octanol–water partition coefficient (Wildman–Crippen LogP) is 8.88. The van der Waals surface area contributed by atoms with E-state index in [1.807, 2.05) is 140 Å². The lowest BCUT2D eigenvalue weighted by Gasteiger charge is -2.34. The van der Waals surface area contributed by atoms with E-state index in [0.717, 1.165) is 45.5 Å². The third kappa shape index (κ3) is 4.43. The van der Waals surface area contributed by atoms with E-state index in [0.29, 0.717) is 10.6 Å². The quantitative estimate of drug-likeness (QED) is 0.157. The summed E-state index contributed by atoms with van der Waals surface area (Å²) in [5, 5.41) is 1.14. The van der Waals surface area contributed by atoms with Crippen LogP contribution in [0.3, 0.4) is 0 Å². The van der Waals surface area contributed by atoms with Crippen LogP contribution < -0.4 is 29.3 Å². The Morgan fingerprint density at radius 1 is 0.320 bits per heavy atom. The smallest absolute Gasteiger partial charge is 0.270 e. The van der Waals surface area contributed by atoms with Crippen molar-refractivity contribution in [3.8, 4) is 0 Å². The van der Waals surface area contributed by atoms with E-state index in [4.69, 9.17) is 0 Å². The van der Waals surface area contributed by atoms with Gasteiger partial charge in [-0.2, -0.15) is 0 Å². The summed E-state index contributed by atoms with van der Waals surface area (Å²) < 4.78 is 39.8. The molecule has 4 aromatic heterocycles. The number of fused-ring (bicyclic) bond motifs is 2. The van der Waals surface area contributed by atoms with Gasteiger partial charge in [0.25, 0.3) is 0 Å². The molecule has 7 aromatic rings. The maximum absolute atomic E-state index is 16.1. The number of hydrogen-bond acceptors (Lipinski definition) is 6. The van der Waals surface area contributed by atoms with Gasteiger partial charge in [0.1, 0.15) is 0 Å². The molecule has 0 amide bonds. The molecule has 2 aliphatic rings. The fourth-order valence-electron chi connectivity index (χ4n) is 6.83. The van der Waals surface area contributed by atoms with Crippen molar-refractivity contribution in [2.24, 2.45) is 0 Å². The lowest BCUT2D eigenvalue weighted by molar-refractivity contribution is 0.581. The van der Waals surface area contributed by atoms with Gasteiger partial charge in [0.05, 0.1) is 56.1 Å². The zero-order valence-electron chi connectivity index (χ0n) is 26.5. The fraction of sp³-hybridized carbons (Fsp3) is 0. The molecular formula is C38H28N8O2P2. The fourth-order valence-corrected chi connectivity index (χ4v) is 12.8. The van der Waals surface area contributed by atoms with E-state index in [-0.39, 0.29) is 0 Å². The Hall–Kier alpha value is -6.08. The van der Waals surface area contributed by atoms with E-state index in [9.17, 15) is 0 Å². The van der Waals surface area contributed by atoms with Crippen LogP contribution in [0.2, 0.25) is 0 Å². The highest BCUT2D eigenvalue weighted by Gasteiger charge is 2.51. The minimum Gasteiger partial charge on any atom is -0.270 e. The monoisotopic (exact) mass is 690 g/mol. The van der Waals surface area contributed by atoms with Gasteiger partial charge < -0.3 is 0 Å². The molecule has 2 aliphatic heterocycles. The Labute approximate surface area is 288 Å². The van der Waals surface area contributed by atoms with Gasteiger partial charge in [0, 0.05) is 49.6 Å². The number of rotatable bonds is 6. The average molecular weight is 691 g/mol. The van der Waals surface area contributed by atoms with Gasteiger partial charge in [0.15, 0.2) is 0 Å². The minimum absolute atomic E-state index is 0.570. The summed E-state index contributed by atoms with van der Waals surface area (Å²) in [7, 11) is -7.34. The molecule has 12 heteroatoms.